The molecule has 2 aromatic heterocycles. The molecule has 0 radical (unpaired) electrons. The molecule has 3 heterocycles. The Labute approximate surface area is 265 Å². The van der Waals surface area contributed by atoms with Gasteiger partial charge >= 0.3 is 7.12 Å². The van der Waals surface area contributed by atoms with Crippen LogP contribution in [0.5, 0.6) is 0 Å². The third-order valence-corrected chi connectivity index (χ3v) is 9.06. The van der Waals surface area contributed by atoms with Gasteiger partial charge in [-0.25, -0.2) is 0 Å². The molecule has 0 atom stereocenters. The first-order chi connectivity index (χ1) is 21.8. The van der Waals surface area contributed by atoms with Gasteiger partial charge in [-0.05, 0) is 120 Å². The van der Waals surface area contributed by atoms with Gasteiger partial charge in [-0.1, -0.05) is 72.8 Å². The first kappa shape index (κ1) is 28.9. The lowest BCUT2D eigenvalue weighted by Gasteiger charge is -2.32. The Bertz CT molecular complexity index is 1860. The first-order valence-electron chi connectivity index (χ1n) is 15.4. The van der Waals surface area contributed by atoms with Gasteiger partial charge in [-0.2, -0.15) is 0 Å². The van der Waals surface area contributed by atoms with E-state index in [1.807, 2.05) is 24.5 Å². The average molecular weight is 587 g/mol. The van der Waals surface area contributed by atoms with Gasteiger partial charge in [0.05, 0.1) is 11.2 Å². The van der Waals surface area contributed by atoms with E-state index in [1.165, 1.54) is 0 Å². The summed E-state index contributed by atoms with van der Waals surface area (Å²) < 4.78 is 12.8. The van der Waals surface area contributed by atoms with Gasteiger partial charge in [-0.15, -0.1) is 0 Å². The predicted molar refractivity (Wildman–Crippen MR) is 185 cm³/mol. The lowest BCUT2D eigenvalue weighted by molar-refractivity contribution is 0.00578. The second-order valence-corrected chi connectivity index (χ2v) is 12.7. The number of benzene rings is 4. The van der Waals surface area contributed by atoms with Gasteiger partial charge in [0.25, 0.3) is 0 Å². The molecule has 4 aromatic carbocycles. The van der Waals surface area contributed by atoms with Gasteiger partial charge in [0.1, 0.15) is 0 Å². The first-order valence-corrected chi connectivity index (χ1v) is 15.4. The van der Waals surface area contributed by atoms with Gasteiger partial charge in [-0.3, -0.25) is 9.97 Å². The Morgan fingerprint density at radius 3 is 1.20 bits per heavy atom. The predicted octanol–water partition coefficient (Wildman–Crippen LogP) is 9.11. The van der Waals surface area contributed by atoms with Crippen LogP contribution in [0.15, 0.2) is 140 Å². The molecule has 0 saturated carbocycles. The third-order valence-electron chi connectivity index (χ3n) is 9.06. The molecule has 1 aliphatic rings. The van der Waals surface area contributed by atoms with E-state index in [1.54, 1.807) is 12.4 Å². The fourth-order valence-corrected chi connectivity index (χ4v) is 5.80. The molecule has 0 unspecified atom stereocenters. The molecule has 0 N–H and O–H groups in total. The average Bonchev–Trinajstić information content (AvgIpc) is 3.31. The van der Waals surface area contributed by atoms with Crippen LogP contribution in [0.4, 0.5) is 0 Å². The van der Waals surface area contributed by atoms with E-state index in [9.17, 15) is 0 Å². The Morgan fingerprint density at radius 1 is 0.422 bits per heavy atom. The van der Waals surface area contributed by atoms with Crippen LogP contribution in [0.2, 0.25) is 0 Å². The molecule has 1 saturated heterocycles. The van der Waals surface area contributed by atoms with E-state index in [0.29, 0.717) is 0 Å². The van der Waals surface area contributed by atoms with Crippen molar-refractivity contribution in [1.82, 2.24) is 9.97 Å². The molecular formula is C40H35BN2O2. The summed E-state index contributed by atoms with van der Waals surface area (Å²) in [6, 6.07) is 40.9. The topological polar surface area (TPSA) is 44.2 Å². The lowest BCUT2D eigenvalue weighted by Crippen LogP contribution is -2.41. The molecular weight excluding hydrogens is 551 g/mol. The third kappa shape index (κ3) is 5.85. The normalized spacial score (nSPS) is 15.2. The zero-order chi connectivity index (χ0) is 31.0. The van der Waals surface area contributed by atoms with Gasteiger partial charge in [0.2, 0.25) is 0 Å². The molecule has 0 aliphatic carbocycles. The van der Waals surface area contributed by atoms with Crippen LogP contribution < -0.4 is 5.46 Å². The molecule has 1 fully saturated rings. The number of aromatic nitrogens is 2. The zero-order valence-electron chi connectivity index (χ0n) is 26.1. The number of hydrogen-bond acceptors (Lipinski definition) is 4. The standard InChI is InChI=1S/C40H35BN2O2/c1-39(2)40(3,4)45-41(44-39)38-17-7-14-32(25-38)37-23-35(30-12-5-10-28(20-30)33-15-8-18-42-26-33)22-36(24-37)31-13-6-11-29(21-31)34-16-9-19-43-27-34/h5-27H,1-4H3. The highest BCUT2D eigenvalue weighted by Crippen LogP contribution is 2.38. The summed E-state index contributed by atoms with van der Waals surface area (Å²) in [5.74, 6) is 0. The van der Waals surface area contributed by atoms with Crippen LogP contribution in [0, 0.1) is 0 Å². The van der Waals surface area contributed by atoms with Crippen molar-refractivity contribution in [3.8, 4) is 55.6 Å². The Balaban J connectivity index is 1.35. The van der Waals surface area contributed by atoms with E-state index in [2.05, 4.69) is 141 Å². The number of pyridine rings is 2. The molecule has 7 rings (SSSR count). The Morgan fingerprint density at radius 2 is 0.778 bits per heavy atom. The highest BCUT2D eigenvalue weighted by atomic mass is 16.7. The quantitative estimate of drug-likeness (QED) is 0.183. The van der Waals surface area contributed by atoms with Crippen LogP contribution in [-0.2, 0) is 9.31 Å². The monoisotopic (exact) mass is 586 g/mol. The molecule has 6 aromatic rings. The van der Waals surface area contributed by atoms with Gasteiger partial charge in [0.15, 0.2) is 0 Å². The largest absolute Gasteiger partial charge is 0.494 e. The molecule has 0 spiro atoms. The van der Waals surface area contributed by atoms with Gasteiger partial charge in [0, 0.05) is 35.9 Å². The minimum Gasteiger partial charge on any atom is -0.399 e. The van der Waals surface area contributed by atoms with Crippen molar-refractivity contribution in [3.05, 3.63) is 140 Å². The molecule has 45 heavy (non-hydrogen) atoms. The maximum Gasteiger partial charge on any atom is 0.494 e. The van der Waals surface area contributed by atoms with Crippen molar-refractivity contribution in [2.24, 2.45) is 0 Å². The smallest absolute Gasteiger partial charge is 0.399 e. The van der Waals surface area contributed by atoms with E-state index in [-0.39, 0.29) is 0 Å². The van der Waals surface area contributed by atoms with Crippen LogP contribution in [0.25, 0.3) is 55.6 Å². The van der Waals surface area contributed by atoms with E-state index < -0.39 is 18.3 Å². The lowest BCUT2D eigenvalue weighted by atomic mass is 9.77. The number of nitrogens with zero attached hydrogens (tertiary/aromatic N) is 2. The SMILES string of the molecule is CC1(C)OB(c2cccc(-c3cc(-c4cccc(-c5cccnc5)c4)cc(-c4cccc(-c5cccnc5)c4)c3)c2)OC1(C)C. The highest BCUT2D eigenvalue weighted by Gasteiger charge is 2.51. The summed E-state index contributed by atoms with van der Waals surface area (Å²) in [7, 11) is -0.426. The zero-order valence-corrected chi connectivity index (χ0v) is 26.1. The second-order valence-electron chi connectivity index (χ2n) is 12.7. The Hall–Kier alpha value is -4.84. The van der Waals surface area contributed by atoms with Crippen molar-refractivity contribution in [2.45, 2.75) is 38.9 Å². The van der Waals surface area contributed by atoms with Crippen molar-refractivity contribution < 1.29 is 9.31 Å². The number of hydrogen-bond donors (Lipinski definition) is 0. The van der Waals surface area contributed by atoms with Crippen molar-refractivity contribution in [1.29, 1.82) is 0 Å². The summed E-state index contributed by atoms with van der Waals surface area (Å²) >= 11 is 0. The Kier molecular flexibility index (Phi) is 7.44. The minimum absolute atomic E-state index is 0.403. The molecule has 0 amide bonds. The summed E-state index contributed by atoms with van der Waals surface area (Å²) in [6.07, 6.45) is 7.43. The van der Waals surface area contributed by atoms with Crippen LogP contribution in [-0.4, -0.2) is 28.3 Å². The van der Waals surface area contributed by atoms with Crippen LogP contribution in [0.3, 0.4) is 0 Å². The maximum atomic E-state index is 6.41. The van der Waals surface area contributed by atoms with E-state index in [0.717, 1.165) is 61.1 Å². The van der Waals surface area contributed by atoms with Crippen molar-refractivity contribution in [3.63, 3.8) is 0 Å². The fraction of sp³-hybridized carbons (Fsp3) is 0.150. The van der Waals surface area contributed by atoms with Crippen LogP contribution in [0.1, 0.15) is 27.7 Å². The summed E-state index contributed by atoms with van der Waals surface area (Å²) in [5.41, 5.74) is 11.5. The molecule has 0 bridgehead atoms. The summed E-state index contributed by atoms with van der Waals surface area (Å²) in [4.78, 5) is 8.68. The molecule has 1 aliphatic heterocycles. The van der Waals surface area contributed by atoms with Crippen molar-refractivity contribution >= 4 is 12.6 Å². The van der Waals surface area contributed by atoms with E-state index in [4.69, 9.17) is 9.31 Å². The summed E-state index contributed by atoms with van der Waals surface area (Å²) in [5, 5.41) is 0. The molecule has 4 nitrogen and oxygen atoms in total. The van der Waals surface area contributed by atoms with Crippen molar-refractivity contribution in [2.75, 3.05) is 0 Å². The fourth-order valence-electron chi connectivity index (χ4n) is 5.80. The van der Waals surface area contributed by atoms with Crippen LogP contribution >= 0.6 is 0 Å². The highest BCUT2D eigenvalue weighted by molar-refractivity contribution is 6.62. The summed E-state index contributed by atoms with van der Waals surface area (Å²) in [6.45, 7) is 8.36. The second kappa shape index (κ2) is 11.6. The number of rotatable bonds is 6. The maximum absolute atomic E-state index is 6.41. The minimum atomic E-state index is -0.426. The van der Waals surface area contributed by atoms with Gasteiger partial charge < -0.3 is 9.31 Å². The molecule has 5 heteroatoms. The van der Waals surface area contributed by atoms with E-state index >= 15 is 0 Å². The molecule has 220 valence electrons.